The van der Waals surface area contributed by atoms with Gasteiger partial charge in [0.05, 0.1) is 11.2 Å². The van der Waals surface area contributed by atoms with Crippen molar-refractivity contribution in [2.45, 2.75) is 6.54 Å². The Hall–Kier alpha value is -2.14. The number of nitrogen functional groups attached to an aromatic ring is 1. The smallest absolute Gasteiger partial charge is 0.150 e. The Morgan fingerprint density at radius 1 is 1.37 bits per heavy atom. The molecule has 0 aliphatic rings. The highest BCUT2D eigenvalue weighted by atomic mass is 32.1. The Kier molecular flexibility index (Phi) is 3.05. The molecular formula is C14H12FN3S. The summed E-state index contributed by atoms with van der Waals surface area (Å²) < 4.78 is 14.0. The first kappa shape index (κ1) is 11.9. The molecule has 0 aliphatic carbocycles. The molecule has 0 radical (unpaired) electrons. The average Bonchev–Trinajstić information content (AvgIpc) is 2.92. The molecule has 0 saturated carbocycles. The monoisotopic (exact) mass is 273 g/mol. The number of fused-ring (bicyclic) bond motifs is 1. The van der Waals surface area contributed by atoms with Crippen molar-refractivity contribution in [3.8, 4) is 0 Å². The quantitative estimate of drug-likeness (QED) is 0.716. The molecular weight excluding hydrogens is 261 g/mol. The Labute approximate surface area is 113 Å². The van der Waals surface area contributed by atoms with Crippen LogP contribution in [0.3, 0.4) is 0 Å². The summed E-state index contributed by atoms with van der Waals surface area (Å²) in [6, 6.07) is 6.97. The molecule has 2 heterocycles. The van der Waals surface area contributed by atoms with Gasteiger partial charge in [-0.15, -0.1) is 0 Å². The second-order valence-corrected chi connectivity index (χ2v) is 4.99. The van der Waals surface area contributed by atoms with Gasteiger partial charge in [-0.3, -0.25) is 4.98 Å². The minimum atomic E-state index is -0.376. The van der Waals surface area contributed by atoms with Gasteiger partial charge >= 0.3 is 0 Å². The molecule has 3 aromatic rings. The molecule has 0 fully saturated rings. The zero-order valence-electron chi connectivity index (χ0n) is 10.1. The van der Waals surface area contributed by atoms with E-state index in [1.54, 1.807) is 23.6 Å². The first-order valence-corrected chi connectivity index (χ1v) is 6.77. The number of anilines is 2. The summed E-state index contributed by atoms with van der Waals surface area (Å²) in [6.45, 7) is 0.565. The molecule has 3 rings (SSSR count). The van der Waals surface area contributed by atoms with E-state index in [0.717, 1.165) is 10.9 Å². The Bertz CT molecular complexity index is 710. The highest BCUT2D eigenvalue weighted by Crippen LogP contribution is 2.29. The number of hydrogen-bond donors (Lipinski definition) is 2. The number of nitrogens with two attached hydrogens (primary N) is 1. The van der Waals surface area contributed by atoms with Crippen molar-refractivity contribution < 1.29 is 4.39 Å². The van der Waals surface area contributed by atoms with Gasteiger partial charge in [-0.25, -0.2) is 4.39 Å². The fourth-order valence-corrected chi connectivity index (χ4v) is 2.66. The van der Waals surface area contributed by atoms with Crippen molar-refractivity contribution in [1.29, 1.82) is 0 Å². The highest BCUT2D eigenvalue weighted by Gasteiger charge is 2.11. The van der Waals surface area contributed by atoms with Crippen LogP contribution in [-0.2, 0) is 6.54 Å². The molecule has 19 heavy (non-hydrogen) atoms. The van der Waals surface area contributed by atoms with Crippen LogP contribution in [0.4, 0.5) is 15.8 Å². The molecule has 1 aromatic carbocycles. The van der Waals surface area contributed by atoms with Gasteiger partial charge in [-0.1, -0.05) is 0 Å². The van der Waals surface area contributed by atoms with E-state index in [1.165, 1.54) is 6.07 Å². The molecule has 0 atom stereocenters. The number of thiophene rings is 1. The lowest BCUT2D eigenvalue weighted by molar-refractivity contribution is 0.632. The second kappa shape index (κ2) is 4.85. The van der Waals surface area contributed by atoms with Gasteiger partial charge in [-0.2, -0.15) is 11.3 Å². The largest absolute Gasteiger partial charge is 0.398 e. The van der Waals surface area contributed by atoms with Crippen LogP contribution in [0.2, 0.25) is 0 Å². The standard InChI is InChI=1S/C14H12FN3S/c15-11-6-12(16)10-2-1-4-17-13(10)14(11)18-7-9-3-5-19-8-9/h1-6,8,18H,7,16H2. The fourth-order valence-electron chi connectivity index (χ4n) is 1.99. The Balaban J connectivity index is 2.02. The predicted octanol–water partition coefficient (Wildman–Crippen LogP) is 3.63. The van der Waals surface area contributed by atoms with Crippen molar-refractivity contribution in [2.24, 2.45) is 0 Å². The Morgan fingerprint density at radius 2 is 2.26 bits per heavy atom. The van der Waals surface area contributed by atoms with Crippen LogP contribution in [0.5, 0.6) is 0 Å². The lowest BCUT2D eigenvalue weighted by atomic mass is 10.1. The van der Waals surface area contributed by atoms with Gasteiger partial charge in [0.2, 0.25) is 0 Å². The maximum atomic E-state index is 14.0. The lowest BCUT2D eigenvalue weighted by Gasteiger charge is -2.11. The van der Waals surface area contributed by atoms with Gasteiger partial charge in [-0.05, 0) is 40.6 Å². The van der Waals surface area contributed by atoms with Gasteiger partial charge in [0.15, 0.2) is 5.82 Å². The number of benzene rings is 1. The van der Waals surface area contributed by atoms with E-state index in [0.29, 0.717) is 23.4 Å². The van der Waals surface area contributed by atoms with Gasteiger partial charge in [0.1, 0.15) is 0 Å². The van der Waals surface area contributed by atoms with E-state index < -0.39 is 0 Å². The Morgan fingerprint density at radius 3 is 3.05 bits per heavy atom. The molecule has 0 aliphatic heterocycles. The fraction of sp³-hybridized carbons (Fsp3) is 0.0714. The SMILES string of the molecule is Nc1cc(F)c(NCc2ccsc2)c2ncccc12. The number of pyridine rings is 1. The first-order chi connectivity index (χ1) is 9.25. The maximum absolute atomic E-state index is 14.0. The maximum Gasteiger partial charge on any atom is 0.150 e. The van der Waals surface area contributed by atoms with E-state index >= 15 is 0 Å². The topological polar surface area (TPSA) is 50.9 Å². The zero-order chi connectivity index (χ0) is 13.2. The van der Waals surface area contributed by atoms with Crippen LogP contribution in [0.1, 0.15) is 5.56 Å². The molecule has 0 saturated heterocycles. The molecule has 0 amide bonds. The molecule has 0 spiro atoms. The van der Waals surface area contributed by atoms with Crippen LogP contribution in [0.25, 0.3) is 10.9 Å². The third-order valence-corrected chi connectivity index (χ3v) is 3.66. The number of hydrogen-bond acceptors (Lipinski definition) is 4. The van der Waals surface area contributed by atoms with Crippen molar-refractivity contribution in [1.82, 2.24) is 4.98 Å². The zero-order valence-corrected chi connectivity index (χ0v) is 10.9. The minimum absolute atomic E-state index is 0.376. The van der Waals surface area contributed by atoms with E-state index in [4.69, 9.17) is 5.73 Å². The minimum Gasteiger partial charge on any atom is -0.398 e. The highest BCUT2D eigenvalue weighted by molar-refractivity contribution is 7.07. The number of nitrogens with one attached hydrogen (secondary N) is 1. The van der Waals surface area contributed by atoms with Crippen molar-refractivity contribution in [2.75, 3.05) is 11.1 Å². The average molecular weight is 273 g/mol. The molecule has 2 aromatic heterocycles. The predicted molar refractivity (Wildman–Crippen MR) is 77.8 cm³/mol. The van der Waals surface area contributed by atoms with Crippen molar-refractivity contribution in [3.05, 3.63) is 52.6 Å². The molecule has 0 bridgehead atoms. The molecule has 3 nitrogen and oxygen atoms in total. The van der Waals surface area contributed by atoms with E-state index in [2.05, 4.69) is 10.3 Å². The molecule has 5 heteroatoms. The van der Waals surface area contributed by atoms with Gasteiger partial charge in [0.25, 0.3) is 0 Å². The first-order valence-electron chi connectivity index (χ1n) is 5.83. The van der Waals surface area contributed by atoms with E-state index in [1.807, 2.05) is 22.9 Å². The summed E-state index contributed by atoms with van der Waals surface area (Å²) in [4.78, 5) is 4.22. The van der Waals surface area contributed by atoms with E-state index in [-0.39, 0.29) is 5.82 Å². The van der Waals surface area contributed by atoms with Crippen LogP contribution in [-0.4, -0.2) is 4.98 Å². The van der Waals surface area contributed by atoms with Crippen molar-refractivity contribution >= 4 is 33.6 Å². The van der Waals surface area contributed by atoms with Crippen LogP contribution in [0.15, 0.2) is 41.2 Å². The van der Waals surface area contributed by atoms with Crippen LogP contribution in [0, 0.1) is 5.82 Å². The van der Waals surface area contributed by atoms with Crippen LogP contribution < -0.4 is 11.1 Å². The van der Waals surface area contributed by atoms with Gasteiger partial charge < -0.3 is 11.1 Å². The summed E-state index contributed by atoms with van der Waals surface area (Å²) in [5.74, 6) is -0.376. The summed E-state index contributed by atoms with van der Waals surface area (Å²) in [5.41, 5.74) is 8.30. The number of rotatable bonds is 3. The number of nitrogens with zero attached hydrogens (tertiary/aromatic N) is 1. The number of aromatic nitrogens is 1. The summed E-state index contributed by atoms with van der Waals surface area (Å²) in [5, 5.41) is 7.88. The third kappa shape index (κ3) is 2.24. The summed E-state index contributed by atoms with van der Waals surface area (Å²) >= 11 is 1.62. The van der Waals surface area contributed by atoms with E-state index in [9.17, 15) is 4.39 Å². The lowest BCUT2D eigenvalue weighted by Crippen LogP contribution is -2.03. The summed E-state index contributed by atoms with van der Waals surface area (Å²) in [6.07, 6.45) is 1.64. The van der Waals surface area contributed by atoms with Crippen LogP contribution >= 0.6 is 11.3 Å². The van der Waals surface area contributed by atoms with Gasteiger partial charge in [0, 0.05) is 23.8 Å². The second-order valence-electron chi connectivity index (χ2n) is 4.21. The molecule has 3 N–H and O–H groups in total. The summed E-state index contributed by atoms with van der Waals surface area (Å²) in [7, 11) is 0. The normalized spacial score (nSPS) is 10.8. The molecule has 96 valence electrons. The number of halogens is 1. The molecule has 0 unspecified atom stereocenters. The van der Waals surface area contributed by atoms with Crippen molar-refractivity contribution in [3.63, 3.8) is 0 Å². The third-order valence-electron chi connectivity index (χ3n) is 2.93.